The van der Waals surface area contributed by atoms with E-state index in [0.717, 1.165) is 17.5 Å². The first-order chi connectivity index (χ1) is 20.3. The molecule has 1 N–H and O–H groups in total. The first-order valence-corrected chi connectivity index (χ1v) is 15.0. The number of likely N-dealkylation sites (tertiary alicyclic amines) is 1. The maximum absolute atomic E-state index is 13.4. The number of benzene rings is 1. The van der Waals surface area contributed by atoms with Gasteiger partial charge in [-0.15, -0.1) is 0 Å². The van der Waals surface area contributed by atoms with Gasteiger partial charge in [-0.25, -0.2) is 4.79 Å². The summed E-state index contributed by atoms with van der Waals surface area (Å²) in [6.07, 6.45) is 2.74. The standard InChI is InChI=1S/C32H41NO10/c1-6-7-16-39-24(35)18-20(11-15-34)28(36)40-22-10-12-32(38)23-17-19-8-9-21(41-29(37)43-30(2,3)4)26-25(19)31(32,27(22)42-26)13-14-33(23)5/h8-10,15,20,23,27,38H,6-7,11-14,16-18H2,1-5H3/t20-,23+,27-,31-,32+/m0/s1. The van der Waals surface area contributed by atoms with Crippen LogP contribution in [-0.2, 0) is 40.4 Å². The van der Waals surface area contributed by atoms with E-state index in [1.165, 1.54) is 0 Å². The number of carbonyl (C=O) groups excluding carboxylic acids is 4. The lowest BCUT2D eigenvalue weighted by Gasteiger charge is -2.61. The maximum atomic E-state index is 13.4. The van der Waals surface area contributed by atoms with Crippen LogP contribution in [0.15, 0.2) is 24.0 Å². The molecule has 0 unspecified atom stereocenters. The molecule has 5 rings (SSSR count). The molecule has 0 amide bonds. The highest BCUT2D eigenvalue weighted by molar-refractivity contribution is 5.83. The van der Waals surface area contributed by atoms with Gasteiger partial charge in [0, 0.05) is 24.4 Å². The molecule has 1 saturated heterocycles. The van der Waals surface area contributed by atoms with E-state index in [-0.39, 0.29) is 43.4 Å². The van der Waals surface area contributed by atoms with Gasteiger partial charge in [0.15, 0.2) is 17.6 Å². The highest BCUT2D eigenvalue weighted by Gasteiger charge is 2.72. The summed E-state index contributed by atoms with van der Waals surface area (Å²) in [6, 6.07) is 3.32. The van der Waals surface area contributed by atoms with Crippen molar-refractivity contribution in [3.8, 4) is 11.5 Å². The quantitative estimate of drug-likeness (QED) is 0.138. The molecule has 5 atom stereocenters. The fourth-order valence-electron chi connectivity index (χ4n) is 7.04. The Balaban J connectivity index is 1.47. The van der Waals surface area contributed by atoms with Gasteiger partial charge in [-0.2, -0.15) is 0 Å². The van der Waals surface area contributed by atoms with Crippen molar-refractivity contribution < 1.29 is 48.0 Å². The number of esters is 2. The molecule has 2 aliphatic heterocycles. The highest BCUT2D eigenvalue weighted by Crippen LogP contribution is 2.65. The van der Waals surface area contributed by atoms with Crippen LogP contribution >= 0.6 is 0 Å². The smallest absolute Gasteiger partial charge is 0.477 e. The topological polar surface area (TPSA) is 138 Å². The first kappa shape index (κ1) is 31.0. The van der Waals surface area contributed by atoms with E-state index in [0.29, 0.717) is 37.8 Å². The number of ether oxygens (including phenoxy) is 5. The monoisotopic (exact) mass is 599 g/mol. The van der Waals surface area contributed by atoms with Gasteiger partial charge in [-0.1, -0.05) is 19.4 Å². The van der Waals surface area contributed by atoms with E-state index in [1.54, 1.807) is 32.9 Å². The van der Waals surface area contributed by atoms with Crippen molar-refractivity contribution in [3.63, 3.8) is 0 Å². The van der Waals surface area contributed by atoms with Gasteiger partial charge in [0.2, 0.25) is 0 Å². The third-order valence-corrected chi connectivity index (χ3v) is 9.03. The van der Waals surface area contributed by atoms with Crippen LogP contribution in [0.5, 0.6) is 11.5 Å². The fraction of sp³-hybridized carbons (Fsp3) is 0.625. The fourth-order valence-corrected chi connectivity index (χ4v) is 7.04. The molecule has 2 aliphatic carbocycles. The summed E-state index contributed by atoms with van der Waals surface area (Å²) in [5.41, 5.74) is -1.31. The minimum Gasteiger partial charge on any atom is -0.477 e. The van der Waals surface area contributed by atoms with Crippen molar-refractivity contribution in [1.82, 2.24) is 4.90 Å². The Morgan fingerprint density at radius 2 is 2.00 bits per heavy atom. The summed E-state index contributed by atoms with van der Waals surface area (Å²) >= 11 is 0. The van der Waals surface area contributed by atoms with Crippen LogP contribution in [0, 0.1) is 5.92 Å². The molecule has 11 heteroatoms. The SMILES string of the molecule is CCCCOC(=O)C[C@H](CC=O)C(=O)OC1=CC[C@@]2(O)[C@H]3Cc4ccc(OC(=O)OC(C)(C)C)c5c4[C@@]2(CCN3C)[C@H]1O5. The lowest BCUT2D eigenvalue weighted by molar-refractivity contribution is -0.171. The summed E-state index contributed by atoms with van der Waals surface area (Å²) in [5, 5.41) is 12.4. The summed E-state index contributed by atoms with van der Waals surface area (Å²) in [5.74, 6) is -1.71. The van der Waals surface area contributed by atoms with Crippen molar-refractivity contribution in [2.45, 2.75) is 101 Å². The molecule has 1 spiro atoms. The van der Waals surface area contributed by atoms with E-state index in [1.807, 2.05) is 20.0 Å². The molecule has 0 saturated carbocycles. The van der Waals surface area contributed by atoms with Gasteiger partial charge in [0.05, 0.1) is 30.0 Å². The lowest BCUT2D eigenvalue weighted by atomic mass is 9.50. The van der Waals surface area contributed by atoms with Crippen LogP contribution in [-0.4, -0.2) is 77.9 Å². The zero-order valence-electron chi connectivity index (χ0n) is 25.5. The number of aldehydes is 1. The molecule has 4 aliphatic rings. The predicted molar refractivity (Wildman–Crippen MR) is 153 cm³/mol. The van der Waals surface area contributed by atoms with Crippen LogP contribution in [0.1, 0.15) is 77.3 Å². The zero-order valence-corrected chi connectivity index (χ0v) is 25.5. The van der Waals surface area contributed by atoms with Crippen molar-refractivity contribution >= 4 is 24.4 Å². The van der Waals surface area contributed by atoms with Crippen LogP contribution in [0.4, 0.5) is 4.79 Å². The molecule has 1 aromatic rings. The molecular weight excluding hydrogens is 558 g/mol. The summed E-state index contributed by atoms with van der Waals surface area (Å²) in [6.45, 7) is 8.06. The molecule has 234 valence electrons. The van der Waals surface area contributed by atoms with Crippen molar-refractivity contribution in [2.75, 3.05) is 20.2 Å². The van der Waals surface area contributed by atoms with E-state index in [9.17, 15) is 24.3 Å². The van der Waals surface area contributed by atoms with Gasteiger partial charge in [0.25, 0.3) is 0 Å². The van der Waals surface area contributed by atoms with E-state index in [4.69, 9.17) is 23.7 Å². The maximum Gasteiger partial charge on any atom is 0.514 e. The van der Waals surface area contributed by atoms with Crippen LogP contribution in [0.3, 0.4) is 0 Å². The predicted octanol–water partition coefficient (Wildman–Crippen LogP) is 3.76. The Morgan fingerprint density at radius 1 is 1.23 bits per heavy atom. The zero-order chi connectivity index (χ0) is 31.2. The molecule has 0 aromatic heterocycles. The largest absolute Gasteiger partial charge is 0.514 e. The second-order valence-corrected chi connectivity index (χ2v) is 12.9. The Hall–Kier alpha value is -3.44. The minimum atomic E-state index is -1.26. The number of likely N-dealkylation sites (N-methyl/N-ethyl adjacent to an activating group) is 1. The number of hydrogen-bond acceptors (Lipinski definition) is 11. The number of nitrogens with zero attached hydrogens (tertiary/aromatic N) is 1. The number of carbonyl (C=O) groups is 4. The van der Waals surface area contributed by atoms with Gasteiger partial charge in [-0.3, -0.25) is 9.59 Å². The molecule has 2 bridgehead atoms. The number of hydrogen-bond donors (Lipinski definition) is 1. The average molecular weight is 600 g/mol. The molecular formula is C32H41NO10. The first-order valence-electron chi connectivity index (χ1n) is 15.0. The number of rotatable bonds is 10. The minimum absolute atomic E-state index is 0.149. The second-order valence-electron chi connectivity index (χ2n) is 12.9. The summed E-state index contributed by atoms with van der Waals surface area (Å²) < 4.78 is 28.6. The summed E-state index contributed by atoms with van der Waals surface area (Å²) in [4.78, 5) is 52.0. The number of unbranched alkanes of at least 4 members (excludes halogenated alkanes) is 1. The van der Waals surface area contributed by atoms with Crippen LogP contribution < -0.4 is 9.47 Å². The van der Waals surface area contributed by atoms with Crippen LogP contribution in [0.2, 0.25) is 0 Å². The van der Waals surface area contributed by atoms with Crippen molar-refractivity contribution in [2.24, 2.45) is 5.92 Å². The normalized spacial score (nSPS) is 27.6. The average Bonchev–Trinajstić information content (AvgIpc) is 3.28. The Kier molecular flexibility index (Phi) is 8.34. The van der Waals surface area contributed by atoms with Crippen LogP contribution in [0.25, 0.3) is 0 Å². The third kappa shape index (κ3) is 5.42. The molecule has 11 nitrogen and oxygen atoms in total. The lowest BCUT2D eigenvalue weighted by Crippen LogP contribution is -2.74. The van der Waals surface area contributed by atoms with Gasteiger partial charge in [-0.05, 0) is 71.3 Å². The molecule has 1 fully saturated rings. The van der Waals surface area contributed by atoms with Crippen molar-refractivity contribution in [3.05, 3.63) is 35.1 Å². The number of piperidine rings is 1. The molecule has 2 heterocycles. The Morgan fingerprint density at radius 3 is 2.70 bits per heavy atom. The Labute approximate surface area is 251 Å². The van der Waals surface area contributed by atoms with Gasteiger partial charge < -0.3 is 38.5 Å². The van der Waals surface area contributed by atoms with Crippen molar-refractivity contribution in [1.29, 1.82) is 0 Å². The molecule has 0 radical (unpaired) electrons. The Bertz CT molecular complexity index is 1330. The molecule has 43 heavy (non-hydrogen) atoms. The van der Waals surface area contributed by atoms with Gasteiger partial charge >= 0.3 is 18.1 Å². The molecule has 1 aromatic carbocycles. The van der Waals surface area contributed by atoms with Gasteiger partial charge in [0.1, 0.15) is 17.6 Å². The van der Waals surface area contributed by atoms with E-state index in [2.05, 4.69) is 4.90 Å². The van der Waals surface area contributed by atoms with E-state index >= 15 is 0 Å². The third-order valence-electron chi connectivity index (χ3n) is 9.03. The number of aliphatic hydroxyl groups is 1. The van der Waals surface area contributed by atoms with E-state index < -0.39 is 46.7 Å². The highest BCUT2D eigenvalue weighted by atomic mass is 16.7. The summed E-state index contributed by atoms with van der Waals surface area (Å²) in [7, 11) is 1.98. The second kappa shape index (κ2) is 11.6.